The average molecular weight is 254 g/mol. The normalized spacial score (nSPS) is 20.0. The maximum atomic E-state index is 11.8. The molecule has 2 rings (SSSR count). The van der Waals surface area contributed by atoms with E-state index in [0.717, 1.165) is 9.91 Å². The van der Waals surface area contributed by atoms with E-state index in [1.54, 1.807) is 11.6 Å². The Hall–Kier alpha value is -1.76. The van der Waals surface area contributed by atoms with E-state index in [-0.39, 0.29) is 6.42 Å². The first-order chi connectivity index (χ1) is 8.08. The minimum Gasteiger partial charge on any atom is -0.480 e. The molecule has 2 amide bonds. The molecule has 1 atom stereocenters. The lowest BCUT2D eigenvalue weighted by atomic mass is 10.0. The average Bonchev–Trinajstić information content (AvgIpc) is 2.83. The third-order valence-corrected chi connectivity index (χ3v) is 3.34. The van der Waals surface area contributed by atoms with Crippen molar-refractivity contribution in [2.45, 2.75) is 12.8 Å². The van der Waals surface area contributed by atoms with Crippen LogP contribution >= 0.6 is 11.3 Å². The molecule has 2 heterocycles. The van der Waals surface area contributed by atoms with Crippen LogP contribution < -0.4 is 0 Å². The number of carboxylic acids is 1. The van der Waals surface area contributed by atoms with E-state index in [0.29, 0.717) is 6.42 Å². The highest BCUT2D eigenvalue weighted by molar-refractivity contribution is 7.09. The number of carboxylic acid groups (broad SMARTS) is 1. The molecule has 0 aromatic carbocycles. The van der Waals surface area contributed by atoms with Gasteiger partial charge in [-0.3, -0.25) is 19.3 Å². The molecule has 1 fully saturated rings. The Morgan fingerprint density at radius 1 is 1.59 bits per heavy atom. The number of hydrogen-bond acceptors (Lipinski definition) is 5. The summed E-state index contributed by atoms with van der Waals surface area (Å²) in [5, 5.41) is 11.2. The van der Waals surface area contributed by atoms with Crippen LogP contribution in [0.3, 0.4) is 0 Å². The number of thiazole rings is 1. The molecule has 7 heteroatoms. The molecular formula is C10H10N2O4S. The van der Waals surface area contributed by atoms with E-state index in [2.05, 4.69) is 4.98 Å². The van der Waals surface area contributed by atoms with Crippen molar-refractivity contribution in [2.24, 2.45) is 5.92 Å². The van der Waals surface area contributed by atoms with Gasteiger partial charge in [0.25, 0.3) is 0 Å². The van der Waals surface area contributed by atoms with Gasteiger partial charge in [-0.25, -0.2) is 4.98 Å². The molecule has 90 valence electrons. The molecule has 1 aromatic heterocycles. The van der Waals surface area contributed by atoms with Crippen molar-refractivity contribution in [3.63, 3.8) is 0 Å². The molecule has 1 saturated heterocycles. The van der Waals surface area contributed by atoms with Crippen LogP contribution in [-0.4, -0.2) is 39.3 Å². The van der Waals surface area contributed by atoms with Gasteiger partial charge in [0.1, 0.15) is 6.54 Å². The Morgan fingerprint density at radius 3 is 2.94 bits per heavy atom. The minimum atomic E-state index is -1.18. The van der Waals surface area contributed by atoms with Crippen molar-refractivity contribution in [3.05, 3.63) is 16.6 Å². The highest BCUT2D eigenvalue weighted by Crippen LogP contribution is 2.24. The molecule has 1 aliphatic heterocycles. The molecule has 0 spiro atoms. The highest BCUT2D eigenvalue weighted by Gasteiger charge is 2.39. The van der Waals surface area contributed by atoms with Gasteiger partial charge in [-0.05, 0) is 0 Å². The maximum absolute atomic E-state index is 11.8. The summed E-state index contributed by atoms with van der Waals surface area (Å²) in [6.07, 6.45) is 2.11. The van der Waals surface area contributed by atoms with Gasteiger partial charge in [0, 0.05) is 24.4 Å². The number of aromatic nitrogens is 1. The first kappa shape index (κ1) is 11.7. The van der Waals surface area contributed by atoms with Crippen LogP contribution in [0.2, 0.25) is 0 Å². The maximum Gasteiger partial charge on any atom is 0.323 e. The van der Waals surface area contributed by atoms with Crippen molar-refractivity contribution in [1.82, 2.24) is 9.88 Å². The molecule has 0 saturated carbocycles. The molecule has 1 aliphatic rings. The highest BCUT2D eigenvalue weighted by atomic mass is 32.1. The van der Waals surface area contributed by atoms with Gasteiger partial charge in [-0.1, -0.05) is 0 Å². The summed E-state index contributed by atoms with van der Waals surface area (Å²) in [5.41, 5.74) is 0. The van der Waals surface area contributed by atoms with E-state index >= 15 is 0 Å². The van der Waals surface area contributed by atoms with Gasteiger partial charge in [-0.15, -0.1) is 11.3 Å². The van der Waals surface area contributed by atoms with Crippen molar-refractivity contribution in [3.8, 4) is 0 Å². The standard InChI is InChI=1S/C10H10N2O4S/c13-8-4-6(3-7-11-1-2-17-7)10(16)12(8)5-9(14)15/h1-2,6H,3-5H2,(H,14,15). The van der Waals surface area contributed by atoms with Gasteiger partial charge in [0.15, 0.2) is 0 Å². The summed E-state index contributed by atoms with van der Waals surface area (Å²) in [7, 11) is 0. The summed E-state index contributed by atoms with van der Waals surface area (Å²) in [6.45, 7) is -0.550. The Balaban J connectivity index is 2.05. The summed E-state index contributed by atoms with van der Waals surface area (Å²) < 4.78 is 0. The van der Waals surface area contributed by atoms with Crippen LogP contribution in [0.25, 0.3) is 0 Å². The number of imide groups is 1. The van der Waals surface area contributed by atoms with Crippen LogP contribution in [0, 0.1) is 5.92 Å². The molecular weight excluding hydrogens is 244 g/mol. The lowest BCUT2D eigenvalue weighted by molar-refractivity contribution is -0.149. The monoisotopic (exact) mass is 254 g/mol. The number of amides is 2. The number of likely N-dealkylation sites (tertiary alicyclic amines) is 1. The summed E-state index contributed by atoms with van der Waals surface area (Å²) in [5.74, 6) is -2.47. The predicted molar refractivity (Wildman–Crippen MR) is 58.3 cm³/mol. The second-order valence-electron chi connectivity index (χ2n) is 3.74. The molecule has 1 aromatic rings. The van der Waals surface area contributed by atoms with Gasteiger partial charge in [0.05, 0.1) is 10.9 Å². The lowest BCUT2D eigenvalue weighted by Crippen LogP contribution is -2.35. The van der Waals surface area contributed by atoms with Crippen LogP contribution in [0.15, 0.2) is 11.6 Å². The second kappa shape index (κ2) is 4.62. The fraction of sp³-hybridized carbons (Fsp3) is 0.400. The van der Waals surface area contributed by atoms with Crippen LogP contribution in [-0.2, 0) is 20.8 Å². The molecule has 0 aliphatic carbocycles. The van der Waals surface area contributed by atoms with Crippen molar-refractivity contribution >= 4 is 29.1 Å². The largest absolute Gasteiger partial charge is 0.480 e. The number of hydrogen-bond donors (Lipinski definition) is 1. The summed E-state index contributed by atoms with van der Waals surface area (Å²) in [6, 6.07) is 0. The first-order valence-electron chi connectivity index (χ1n) is 5.02. The van der Waals surface area contributed by atoms with E-state index in [1.807, 2.05) is 0 Å². The molecule has 0 bridgehead atoms. The molecule has 17 heavy (non-hydrogen) atoms. The molecule has 1 unspecified atom stereocenters. The molecule has 0 radical (unpaired) electrons. The van der Waals surface area contributed by atoms with Gasteiger partial charge >= 0.3 is 5.97 Å². The fourth-order valence-electron chi connectivity index (χ4n) is 1.78. The van der Waals surface area contributed by atoms with Crippen LogP contribution in [0.4, 0.5) is 0 Å². The zero-order valence-corrected chi connectivity index (χ0v) is 9.64. The predicted octanol–water partition coefficient (Wildman–Crippen LogP) is 0.145. The number of rotatable bonds is 4. The zero-order valence-electron chi connectivity index (χ0n) is 8.83. The SMILES string of the molecule is O=C(O)CN1C(=O)CC(Cc2nccs2)C1=O. The topological polar surface area (TPSA) is 87.6 Å². The number of aliphatic carboxylic acids is 1. The number of carbonyl (C=O) groups excluding carboxylic acids is 2. The van der Waals surface area contributed by atoms with Gasteiger partial charge in [0.2, 0.25) is 11.8 Å². The van der Waals surface area contributed by atoms with Crippen molar-refractivity contribution < 1.29 is 19.5 Å². The van der Waals surface area contributed by atoms with E-state index < -0.39 is 30.2 Å². The lowest BCUT2D eigenvalue weighted by Gasteiger charge is -2.11. The van der Waals surface area contributed by atoms with Gasteiger partial charge in [-0.2, -0.15) is 0 Å². The van der Waals surface area contributed by atoms with Gasteiger partial charge < -0.3 is 5.11 Å². The Morgan fingerprint density at radius 2 is 2.35 bits per heavy atom. The minimum absolute atomic E-state index is 0.0751. The van der Waals surface area contributed by atoms with Crippen molar-refractivity contribution in [2.75, 3.05) is 6.54 Å². The Bertz CT molecular complexity index is 457. The number of carbonyl (C=O) groups is 3. The number of nitrogens with zero attached hydrogens (tertiary/aromatic N) is 2. The third kappa shape index (κ3) is 2.50. The third-order valence-electron chi connectivity index (χ3n) is 2.54. The molecule has 6 nitrogen and oxygen atoms in total. The second-order valence-corrected chi connectivity index (χ2v) is 4.72. The Kier molecular flexibility index (Phi) is 3.19. The van der Waals surface area contributed by atoms with Crippen molar-refractivity contribution in [1.29, 1.82) is 0 Å². The van der Waals surface area contributed by atoms with Crippen LogP contribution in [0.1, 0.15) is 11.4 Å². The van der Waals surface area contributed by atoms with Crippen LogP contribution in [0.5, 0.6) is 0 Å². The summed E-state index contributed by atoms with van der Waals surface area (Å²) >= 11 is 1.42. The fourth-order valence-corrected chi connectivity index (χ4v) is 2.47. The molecule has 1 N–H and O–H groups in total. The summed E-state index contributed by atoms with van der Waals surface area (Å²) in [4.78, 5) is 38.6. The van der Waals surface area contributed by atoms with E-state index in [4.69, 9.17) is 5.11 Å². The zero-order chi connectivity index (χ0) is 12.4. The first-order valence-corrected chi connectivity index (χ1v) is 5.90. The van der Waals surface area contributed by atoms with E-state index in [1.165, 1.54) is 11.3 Å². The Labute approximate surface area is 101 Å². The smallest absolute Gasteiger partial charge is 0.323 e. The van der Waals surface area contributed by atoms with E-state index in [9.17, 15) is 14.4 Å². The quantitative estimate of drug-likeness (QED) is 0.772.